The molecule has 22 heavy (non-hydrogen) atoms. The zero-order valence-corrected chi connectivity index (χ0v) is 13.4. The Morgan fingerprint density at radius 1 is 1.32 bits per heavy atom. The Morgan fingerprint density at radius 2 is 2.09 bits per heavy atom. The molecule has 0 aliphatic heterocycles. The molecule has 0 radical (unpaired) electrons. The van der Waals surface area contributed by atoms with Crippen LogP contribution in [0.1, 0.15) is 5.56 Å². The van der Waals surface area contributed by atoms with Crippen LogP contribution in [0.2, 0.25) is 0 Å². The fourth-order valence-electron chi connectivity index (χ4n) is 2.39. The Morgan fingerprint density at radius 3 is 2.82 bits per heavy atom. The van der Waals surface area contributed by atoms with Gasteiger partial charge in [-0.3, -0.25) is 14.0 Å². The first-order valence-electron chi connectivity index (χ1n) is 6.74. The molecule has 0 saturated heterocycles. The van der Waals surface area contributed by atoms with E-state index in [4.69, 9.17) is 4.74 Å². The molecular weight excluding hydrogens is 300 g/mol. The van der Waals surface area contributed by atoms with E-state index in [2.05, 4.69) is 10.1 Å². The number of ether oxygens (including phenoxy) is 1. The van der Waals surface area contributed by atoms with Crippen molar-refractivity contribution < 1.29 is 4.74 Å². The van der Waals surface area contributed by atoms with Gasteiger partial charge >= 0.3 is 0 Å². The lowest BCUT2D eigenvalue weighted by Gasteiger charge is -2.12. The molecule has 0 aliphatic carbocycles. The van der Waals surface area contributed by atoms with Crippen molar-refractivity contribution in [3.05, 3.63) is 46.4 Å². The molecule has 3 aromatic rings. The predicted octanol–water partition coefficient (Wildman–Crippen LogP) is 1.91. The maximum Gasteiger partial charge on any atom is 0.282 e. The normalized spacial score (nSPS) is 11.0. The Kier molecular flexibility index (Phi) is 3.89. The van der Waals surface area contributed by atoms with E-state index in [1.165, 1.54) is 11.8 Å². The highest BCUT2D eigenvalue weighted by Crippen LogP contribution is 2.21. The summed E-state index contributed by atoms with van der Waals surface area (Å²) < 4.78 is 8.60. The molecule has 0 saturated carbocycles. The van der Waals surface area contributed by atoms with Crippen LogP contribution in [-0.4, -0.2) is 32.7 Å². The SMILES string of the molecule is COc1ccccc1Cn1c(SC)nc2cn(C)nc2c1=O. The third kappa shape index (κ3) is 2.48. The molecule has 0 aliphatic rings. The van der Waals surface area contributed by atoms with Crippen LogP contribution < -0.4 is 10.3 Å². The zero-order chi connectivity index (χ0) is 15.7. The molecular formula is C15H16N4O2S. The van der Waals surface area contributed by atoms with Crippen molar-refractivity contribution in [3.63, 3.8) is 0 Å². The molecule has 6 nitrogen and oxygen atoms in total. The largest absolute Gasteiger partial charge is 0.496 e. The molecule has 0 unspecified atom stereocenters. The third-order valence-electron chi connectivity index (χ3n) is 3.41. The lowest BCUT2D eigenvalue weighted by atomic mass is 10.2. The Balaban J connectivity index is 2.17. The summed E-state index contributed by atoms with van der Waals surface area (Å²) >= 11 is 1.44. The van der Waals surface area contributed by atoms with Gasteiger partial charge < -0.3 is 4.74 Å². The fourth-order valence-corrected chi connectivity index (χ4v) is 2.94. The molecule has 3 rings (SSSR count). The van der Waals surface area contributed by atoms with Gasteiger partial charge in [0, 0.05) is 12.6 Å². The van der Waals surface area contributed by atoms with Crippen LogP contribution in [0.15, 0.2) is 40.4 Å². The first-order chi connectivity index (χ1) is 10.6. The minimum absolute atomic E-state index is 0.138. The van der Waals surface area contributed by atoms with E-state index >= 15 is 0 Å². The minimum atomic E-state index is -0.138. The number of hydrogen-bond acceptors (Lipinski definition) is 5. The third-order valence-corrected chi connectivity index (χ3v) is 4.08. The standard InChI is InChI=1S/C15H16N4O2S/c1-18-9-11-13(17-18)14(20)19(15(16-11)22-3)8-10-6-4-5-7-12(10)21-2/h4-7,9H,8H2,1-3H3. The quantitative estimate of drug-likeness (QED) is 0.543. The highest BCUT2D eigenvalue weighted by Gasteiger charge is 2.15. The van der Waals surface area contributed by atoms with Crippen LogP contribution in [0.3, 0.4) is 0 Å². The van der Waals surface area contributed by atoms with Crippen molar-refractivity contribution in [2.45, 2.75) is 11.7 Å². The fraction of sp³-hybridized carbons (Fsp3) is 0.267. The number of rotatable bonds is 4. The molecule has 114 valence electrons. The minimum Gasteiger partial charge on any atom is -0.496 e. The molecule has 7 heteroatoms. The van der Waals surface area contributed by atoms with Gasteiger partial charge in [-0.05, 0) is 12.3 Å². The van der Waals surface area contributed by atoms with Crippen LogP contribution in [-0.2, 0) is 13.6 Å². The molecule has 0 bridgehead atoms. The van der Waals surface area contributed by atoms with Gasteiger partial charge in [-0.1, -0.05) is 30.0 Å². The number of hydrogen-bond donors (Lipinski definition) is 0. The monoisotopic (exact) mass is 316 g/mol. The summed E-state index contributed by atoms with van der Waals surface area (Å²) in [7, 11) is 3.40. The lowest BCUT2D eigenvalue weighted by molar-refractivity contribution is 0.407. The number of nitrogens with zero attached hydrogens (tertiary/aromatic N) is 4. The highest BCUT2D eigenvalue weighted by atomic mass is 32.2. The van der Waals surface area contributed by atoms with Gasteiger partial charge in [-0.25, -0.2) is 4.98 Å². The van der Waals surface area contributed by atoms with E-state index in [1.807, 2.05) is 30.5 Å². The second-order valence-electron chi connectivity index (χ2n) is 4.84. The van der Waals surface area contributed by atoms with Crippen molar-refractivity contribution >= 4 is 22.8 Å². The molecule has 2 heterocycles. The summed E-state index contributed by atoms with van der Waals surface area (Å²) in [5.74, 6) is 0.752. The van der Waals surface area contributed by atoms with Crippen LogP contribution in [0.4, 0.5) is 0 Å². The number of aryl methyl sites for hydroxylation is 1. The second kappa shape index (κ2) is 5.84. The summed E-state index contributed by atoms with van der Waals surface area (Å²) in [6.45, 7) is 0.401. The summed E-state index contributed by atoms with van der Waals surface area (Å²) in [5, 5.41) is 4.88. The van der Waals surface area contributed by atoms with Gasteiger partial charge in [-0.15, -0.1) is 0 Å². The molecule has 0 amide bonds. The molecule has 0 atom stereocenters. The summed E-state index contributed by atoms with van der Waals surface area (Å²) in [4.78, 5) is 17.2. The molecule has 2 aromatic heterocycles. The Hall–Kier alpha value is -2.28. The van der Waals surface area contributed by atoms with Gasteiger partial charge in [-0.2, -0.15) is 5.10 Å². The van der Waals surface area contributed by atoms with E-state index in [0.717, 1.165) is 11.3 Å². The van der Waals surface area contributed by atoms with Crippen LogP contribution in [0, 0.1) is 0 Å². The van der Waals surface area contributed by atoms with E-state index in [0.29, 0.717) is 22.7 Å². The maximum absolute atomic E-state index is 12.7. The molecule has 0 spiro atoms. The Bertz CT molecular complexity index is 885. The van der Waals surface area contributed by atoms with Crippen LogP contribution in [0.5, 0.6) is 5.75 Å². The molecule has 1 aromatic carbocycles. The number of fused-ring (bicyclic) bond motifs is 1. The topological polar surface area (TPSA) is 61.9 Å². The average Bonchev–Trinajstić information content (AvgIpc) is 2.91. The van der Waals surface area contributed by atoms with Gasteiger partial charge in [0.15, 0.2) is 10.7 Å². The maximum atomic E-state index is 12.7. The van der Waals surface area contributed by atoms with Crippen molar-refractivity contribution in [3.8, 4) is 5.75 Å². The number of aromatic nitrogens is 4. The van der Waals surface area contributed by atoms with Gasteiger partial charge in [0.25, 0.3) is 5.56 Å². The highest BCUT2D eigenvalue weighted by molar-refractivity contribution is 7.98. The Labute approximate surface area is 131 Å². The predicted molar refractivity (Wildman–Crippen MR) is 86.6 cm³/mol. The van der Waals surface area contributed by atoms with Gasteiger partial charge in [0.2, 0.25) is 0 Å². The first-order valence-corrected chi connectivity index (χ1v) is 7.96. The van der Waals surface area contributed by atoms with E-state index in [9.17, 15) is 4.79 Å². The van der Waals surface area contributed by atoms with Crippen molar-refractivity contribution in [2.75, 3.05) is 13.4 Å². The second-order valence-corrected chi connectivity index (χ2v) is 5.61. The van der Waals surface area contributed by atoms with E-state index < -0.39 is 0 Å². The first kappa shape index (κ1) is 14.6. The van der Waals surface area contributed by atoms with Crippen LogP contribution in [0.25, 0.3) is 11.0 Å². The zero-order valence-electron chi connectivity index (χ0n) is 12.6. The van der Waals surface area contributed by atoms with Crippen molar-refractivity contribution in [1.29, 1.82) is 0 Å². The van der Waals surface area contributed by atoms with Crippen molar-refractivity contribution in [2.24, 2.45) is 7.05 Å². The number of methoxy groups -OCH3 is 1. The molecule has 0 N–H and O–H groups in total. The average molecular weight is 316 g/mol. The smallest absolute Gasteiger partial charge is 0.282 e. The number of benzene rings is 1. The number of para-hydroxylation sites is 1. The van der Waals surface area contributed by atoms with E-state index in [-0.39, 0.29) is 5.56 Å². The lowest BCUT2D eigenvalue weighted by Crippen LogP contribution is -2.24. The summed E-state index contributed by atoms with van der Waals surface area (Å²) in [5.41, 5.74) is 1.80. The van der Waals surface area contributed by atoms with Gasteiger partial charge in [0.1, 0.15) is 11.3 Å². The summed E-state index contributed by atoms with van der Waals surface area (Å²) in [6.07, 6.45) is 3.66. The van der Waals surface area contributed by atoms with Gasteiger partial charge in [0.05, 0.1) is 19.9 Å². The number of thioether (sulfide) groups is 1. The van der Waals surface area contributed by atoms with Crippen molar-refractivity contribution in [1.82, 2.24) is 19.3 Å². The van der Waals surface area contributed by atoms with Crippen LogP contribution >= 0.6 is 11.8 Å². The van der Waals surface area contributed by atoms with E-state index in [1.54, 1.807) is 29.6 Å². The molecule has 0 fully saturated rings. The summed E-state index contributed by atoms with van der Waals surface area (Å²) in [6, 6.07) is 7.65.